The summed E-state index contributed by atoms with van der Waals surface area (Å²) in [6.07, 6.45) is 0. The van der Waals surface area contributed by atoms with Gasteiger partial charge in [-0.25, -0.2) is 0 Å². The number of fused-ring (bicyclic) bond motifs is 11. The zero-order chi connectivity index (χ0) is 25.9. The van der Waals surface area contributed by atoms with Gasteiger partial charge in [0.2, 0.25) is 0 Å². The van der Waals surface area contributed by atoms with Gasteiger partial charge in [0.15, 0.2) is 0 Å². The second-order valence-corrected chi connectivity index (χ2v) is 11.4. The summed E-state index contributed by atoms with van der Waals surface area (Å²) < 4.78 is 8.85. The first kappa shape index (κ1) is 21.2. The fraction of sp³-hybridized carbons (Fsp3) is 0.0811. The number of hydrogen-bond donors (Lipinski definition) is 0. The molecule has 0 bridgehead atoms. The van der Waals surface area contributed by atoms with Crippen molar-refractivity contribution in [3.05, 3.63) is 126 Å². The van der Waals surface area contributed by atoms with E-state index in [1.165, 1.54) is 65.9 Å². The van der Waals surface area contributed by atoms with Gasteiger partial charge in [0.1, 0.15) is 11.2 Å². The van der Waals surface area contributed by atoms with Crippen LogP contribution in [0, 0.1) is 0 Å². The van der Waals surface area contributed by atoms with E-state index >= 15 is 0 Å². The quantitative estimate of drug-likeness (QED) is 0.220. The lowest BCUT2D eigenvalue weighted by Crippen LogP contribution is -2.15. The maximum absolute atomic E-state index is 6.42. The van der Waals surface area contributed by atoms with E-state index in [0.29, 0.717) is 0 Å². The van der Waals surface area contributed by atoms with E-state index in [1.54, 1.807) is 0 Å². The Kier molecular flexibility index (Phi) is 3.89. The fourth-order valence-electron chi connectivity index (χ4n) is 7.08. The molecular formula is C37H25NO. The summed E-state index contributed by atoms with van der Waals surface area (Å²) in [4.78, 5) is 0. The van der Waals surface area contributed by atoms with E-state index in [1.807, 2.05) is 6.07 Å². The van der Waals surface area contributed by atoms with Crippen LogP contribution in [0.25, 0.3) is 71.3 Å². The third-order valence-electron chi connectivity index (χ3n) is 8.98. The summed E-state index contributed by atoms with van der Waals surface area (Å²) in [6, 6.07) is 42.0. The van der Waals surface area contributed by atoms with E-state index < -0.39 is 0 Å². The molecule has 0 unspecified atom stereocenters. The summed E-state index contributed by atoms with van der Waals surface area (Å²) in [5.41, 5.74) is 11.0. The largest absolute Gasteiger partial charge is 0.455 e. The number of furan rings is 1. The molecule has 2 heterocycles. The molecule has 2 nitrogen and oxygen atoms in total. The number of para-hydroxylation sites is 2. The average molecular weight is 500 g/mol. The van der Waals surface area contributed by atoms with Gasteiger partial charge in [-0.05, 0) is 70.1 Å². The number of benzene rings is 6. The molecule has 0 saturated heterocycles. The van der Waals surface area contributed by atoms with Crippen LogP contribution in [0.2, 0.25) is 0 Å². The Morgan fingerprint density at radius 1 is 0.538 bits per heavy atom. The molecule has 0 amide bonds. The Bertz CT molecular complexity index is 2310. The Hall–Kier alpha value is -4.82. The van der Waals surface area contributed by atoms with Gasteiger partial charge in [-0.1, -0.05) is 86.6 Å². The first-order valence-corrected chi connectivity index (χ1v) is 13.6. The SMILES string of the molecule is CC1(C)c2ccccc2-c2ccc(-n3c4ccccc4c4cc5c(ccc6c7ccccc7oc56)cc43)cc21. The van der Waals surface area contributed by atoms with Crippen molar-refractivity contribution in [2.24, 2.45) is 0 Å². The molecule has 1 aliphatic rings. The monoisotopic (exact) mass is 499 g/mol. The number of hydrogen-bond acceptors (Lipinski definition) is 1. The van der Waals surface area contributed by atoms with Gasteiger partial charge >= 0.3 is 0 Å². The summed E-state index contributed by atoms with van der Waals surface area (Å²) >= 11 is 0. The summed E-state index contributed by atoms with van der Waals surface area (Å²) in [5, 5.41) is 7.18. The standard InChI is InChI=1S/C37H25NO/c1-37(2)31-12-6-3-9-24(31)25-18-16-23(20-32(25)37)38-33-13-7-4-10-26(33)30-21-29-22(19-34(30)38)15-17-28-27-11-5-8-14-35(27)39-36(28)29/h3-21H,1-2H3. The van der Waals surface area contributed by atoms with Gasteiger partial charge in [-0.2, -0.15) is 0 Å². The molecule has 0 spiro atoms. The molecule has 8 aromatic rings. The molecule has 0 saturated carbocycles. The molecule has 0 atom stereocenters. The molecular weight excluding hydrogens is 474 g/mol. The van der Waals surface area contributed by atoms with E-state index in [0.717, 1.165) is 16.6 Å². The van der Waals surface area contributed by atoms with Gasteiger partial charge < -0.3 is 8.98 Å². The molecule has 39 heavy (non-hydrogen) atoms. The zero-order valence-electron chi connectivity index (χ0n) is 21.8. The van der Waals surface area contributed by atoms with Crippen molar-refractivity contribution in [2.45, 2.75) is 19.3 Å². The highest BCUT2D eigenvalue weighted by Crippen LogP contribution is 2.49. The first-order chi connectivity index (χ1) is 19.1. The van der Waals surface area contributed by atoms with Gasteiger partial charge in [0.05, 0.1) is 11.0 Å². The lowest BCUT2D eigenvalue weighted by Gasteiger charge is -2.22. The molecule has 9 rings (SSSR count). The molecule has 0 N–H and O–H groups in total. The van der Waals surface area contributed by atoms with Crippen molar-refractivity contribution in [2.75, 3.05) is 0 Å². The minimum atomic E-state index is -0.0414. The molecule has 2 heteroatoms. The van der Waals surface area contributed by atoms with Crippen LogP contribution in [0.5, 0.6) is 0 Å². The van der Waals surface area contributed by atoms with Crippen LogP contribution in [-0.2, 0) is 5.41 Å². The van der Waals surface area contributed by atoms with Crippen molar-refractivity contribution in [1.82, 2.24) is 4.57 Å². The summed E-state index contributed by atoms with van der Waals surface area (Å²) in [7, 11) is 0. The Morgan fingerprint density at radius 3 is 2.23 bits per heavy atom. The Labute approximate surface area is 225 Å². The number of rotatable bonds is 1. The van der Waals surface area contributed by atoms with E-state index in [2.05, 4.69) is 128 Å². The Morgan fingerprint density at radius 2 is 1.31 bits per heavy atom. The van der Waals surface area contributed by atoms with Gasteiger partial charge in [0, 0.05) is 38.0 Å². The van der Waals surface area contributed by atoms with E-state index in [9.17, 15) is 0 Å². The van der Waals surface area contributed by atoms with Crippen molar-refractivity contribution < 1.29 is 4.42 Å². The van der Waals surface area contributed by atoms with Crippen LogP contribution >= 0.6 is 0 Å². The number of nitrogens with zero attached hydrogens (tertiary/aromatic N) is 1. The van der Waals surface area contributed by atoms with Crippen molar-refractivity contribution in [1.29, 1.82) is 0 Å². The highest BCUT2D eigenvalue weighted by atomic mass is 16.3. The maximum Gasteiger partial charge on any atom is 0.143 e. The van der Waals surface area contributed by atoms with Gasteiger partial charge in [-0.3, -0.25) is 0 Å². The van der Waals surface area contributed by atoms with Crippen molar-refractivity contribution >= 4 is 54.5 Å². The molecule has 2 aromatic heterocycles. The van der Waals surface area contributed by atoms with Crippen LogP contribution in [0.4, 0.5) is 0 Å². The van der Waals surface area contributed by atoms with Crippen molar-refractivity contribution in [3.8, 4) is 16.8 Å². The van der Waals surface area contributed by atoms with Crippen LogP contribution in [-0.4, -0.2) is 4.57 Å². The average Bonchev–Trinajstić information content (AvgIpc) is 3.58. The fourth-order valence-corrected chi connectivity index (χ4v) is 7.08. The minimum absolute atomic E-state index is 0.0414. The molecule has 1 aliphatic carbocycles. The normalized spacial score (nSPS) is 14.1. The van der Waals surface area contributed by atoms with Gasteiger partial charge in [-0.15, -0.1) is 0 Å². The molecule has 0 aliphatic heterocycles. The summed E-state index contributed by atoms with van der Waals surface area (Å²) in [6.45, 7) is 4.69. The topological polar surface area (TPSA) is 18.1 Å². The smallest absolute Gasteiger partial charge is 0.143 e. The number of aromatic nitrogens is 1. The van der Waals surface area contributed by atoms with Crippen LogP contribution < -0.4 is 0 Å². The molecule has 0 fully saturated rings. The van der Waals surface area contributed by atoms with Crippen LogP contribution in [0.1, 0.15) is 25.0 Å². The third-order valence-corrected chi connectivity index (χ3v) is 8.98. The van der Waals surface area contributed by atoms with Gasteiger partial charge in [0.25, 0.3) is 0 Å². The second-order valence-electron chi connectivity index (χ2n) is 11.4. The minimum Gasteiger partial charge on any atom is -0.455 e. The lowest BCUT2D eigenvalue weighted by molar-refractivity contribution is 0.660. The van der Waals surface area contributed by atoms with Crippen LogP contribution in [0.3, 0.4) is 0 Å². The third kappa shape index (κ3) is 2.66. The van der Waals surface area contributed by atoms with E-state index in [4.69, 9.17) is 4.42 Å². The predicted octanol–water partition coefficient (Wildman–Crippen LogP) is 10.1. The molecule has 6 aromatic carbocycles. The van der Waals surface area contributed by atoms with E-state index in [-0.39, 0.29) is 5.41 Å². The predicted molar refractivity (Wildman–Crippen MR) is 163 cm³/mol. The molecule has 0 radical (unpaired) electrons. The second kappa shape index (κ2) is 7.18. The van der Waals surface area contributed by atoms with Crippen LogP contribution in [0.15, 0.2) is 120 Å². The Balaban J connectivity index is 1.36. The van der Waals surface area contributed by atoms with Crippen molar-refractivity contribution in [3.63, 3.8) is 0 Å². The zero-order valence-corrected chi connectivity index (χ0v) is 21.8. The lowest BCUT2D eigenvalue weighted by atomic mass is 9.82. The highest BCUT2D eigenvalue weighted by molar-refractivity contribution is 6.20. The highest BCUT2D eigenvalue weighted by Gasteiger charge is 2.35. The first-order valence-electron chi connectivity index (χ1n) is 13.6. The summed E-state index contributed by atoms with van der Waals surface area (Å²) in [5.74, 6) is 0. The molecule has 184 valence electrons. The maximum atomic E-state index is 6.42.